The van der Waals surface area contributed by atoms with E-state index in [0.29, 0.717) is 0 Å². The molecule has 0 spiro atoms. The molecule has 4 rings (SSSR count). The summed E-state index contributed by atoms with van der Waals surface area (Å²) < 4.78 is 4.53. The minimum absolute atomic E-state index is 0.717. The predicted molar refractivity (Wildman–Crippen MR) is 176 cm³/mol. The zero-order valence-corrected chi connectivity index (χ0v) is 27.5. The second kappa shape index (κ2) is 11.4. The van der Waals surface area contributed by atoms with Gasteiger partial charge in [0.05, 0.1) is 17.2 Å². The Morgan fingerprint density at radius 3 is 1.60 bits per heavy atom. The van der Waals surface area contributed by atoms with E-state index in [9.17, 15) is 10.5 Å². The van der Waals surface area contributed by atoms with Crippen molar-refractivity contribution in [1.82, 2.24) is 0 Å². The molecule has 0 saturated heterocycles. The van der Waals surface area contributed by atoms with Gasteiger partial charge in [-0.2, -0.15) is 10.5 Å². The Kier molecular flexibility index (Phi) is 8.78. The van der Waals surface area contributed by atoms with Gasteiger partial charge in [-0.3, -0.25) is 0 Å². The smallest absolute Gasteiger partial charge is 0.100 e. The molecule has 0 amide bonds. The first-order valence-corrected chi connectivity index (χ1v) is 15.0. The molecule has 172 valence electrons. The first kappa shape index (κ1) is 26.8. The Balaban J connectivity index is 1.62. The number of halogens is 4. The summed E-state index contributed by atoms with van der Waals surface area (Å²) >= 11 is 9.44. The molecule has 0 N–H and O–H groups in total. The minimum atomic E-state index is 0.717. The molecule has 0 saturated carbocycles. The summed E-state index contributed by atoms with van der Waals surface area (Å²) in [7, 11) is 0. The van der Waals surface area contributed by atoms with E-state index >= 15 is 0 Å². The van der Waals surface area contributed by atoms with Crippen LogP contribution in [0.1, 0.15) is 33.4 Å². The van der Waals surface area contributed by atoms with Gasteiger partial charge in [0.25, 0.3) is 0 Å². The highest BCUT2D eigenvalue weighted by atomic mass is 127. The molecule has 2 nitrogen and oxygen atoms in total. The monoisotopic (exact) mass is 902 g/mol. The van der Waals surface area contributed by atoms with E-state index in [1.165, 1.54) is 35.0 Å². The van der Waals surface area contributed by atoms with Crippen LogP contribution in [0.2, 0.25) is 0 Å². The standard InChI is InChI=1S/C29H18I4N2/c1-16-17(2)22(9-5-20(16)14-34)23-7-3-18(12-26(23)30)11-19-4-8-24(27(31)13-19)25-10-6-21(15-35)28(32)29(25)33/h3-10,12-13H,11H2,1-2H3. The lowest BCUT2D eigenvalue weighted by Crippen LogP contribution is -1.96. The quantitative estimate of drug-likeness (QED) is 0.192. The van der Waals surface area contributed by atoms with E-state index in [2.05, 4.69) is 152 Å². The van der Waals surface area contributed by atoms with Crippen molar-refractivity contribution in [2.75, 3.05) is 0 Å². The van der Waals surface area contributed by atoms with Crippen molar-refractivity contribution in [3.63, 3.8) is 0 Å². The van der Waals surface area contributed by atoms with Gasteiger partial charge in [0.15, 0.2) is 0 Å². The van der Waals surface area contributed by atoms with Crippen LogP contribution in [0.25, 0.3) is 22.3 Å². The summed E-state index contributed by atoms with van der Waals surface area (Å²) in [6, 6.07) is 25.8. The number of nitrogens with zero attached hydrogens (tertiary/aromatic N) is 2. The average Bonchev–Trinajstić information content (AvgIpc) is 2.84. The van der Waals surface area contributed by atoms with Crippen LogP contribution in [-0.2, 0) is 6.42 Å². The fourth-order valence-electron chi connectivity index (χ4n) is 4.09. The van der Waals surface area contributed by atoms with Gasteiger partial charge in [-0.25, -0.2) is 0 Å². The van der Waals surface area contributed by atoms with Crippen LogP contribution >= 0.6 is 90.4 Å². The summed E-state index contributed by atoms with van der Waals surface area (Å²) in [6.45, 7) is 4.11. The first-order valence-electron chi connectivity index (χ1n) is 10.7. The molecule has 0 aliphatic carbocycles. The molecule has 0 fully saturated rings. The SMILES string of the molecule is Cc1c(C#N)ccc(-c2ccc(Cc3ccc(-c4ccc(C#N)c(I)c4I)c(I)c3)cc2I)c1C. The molecule has 0 radical (unpaired) electrons. The van der Waals surface area contributed by atoms with Crippen LogP contribution in [0.15, 0.2) is 60.7 Å². The summed E-state index contributed by atoms with van der Waals surface area (Å²) in [6.07, 6.45) is 0.861. The van der Waals surface area contributed by atoms with Crippen molar-refractivity contribution >= 4 is 90.4 Å². The van der Waals surface area contributed by atoms with E-state index in [1.54, 1.807) is 0 Å². The van der Waals surface area contributed by atoms with Crippen LogP contribution < -0.4 is 0 Å². The Labute approximate surface area is 260 Å². The summed E-state index contributed by atoms with van der Waals surface area (Å²) in [5, 5.41) is 18.6. The molecule has 0 bridgehead atoms. The molecule has 4 aromatic carbocycles. The maximum absolute atomic E-state index is 9.32. The Morgan fingerprint density at radius 2 is 1.06 bits per heavy atom. The van der Waals surface area contributed by atoms with Gasteiger partial charge in [-0.1, -0.05) is 36.4 Å². The van der Waals surface area contributed by atoms with E-state index in [1.807, 2.05) is 25.1 Å². The molecular weight excluding hydrogens is 884 g/mol. The second-order valence-corrected chi connectivity index (χ2v) is 12.7. The number of benzene rings is 4. The highest BCUT2D eigenvalue weighted by Crippen LogP contribution is 2.35. The van der Waals surface area contributed by atoms with E-state index in [-0.39, 0.29) is 0 Å². The van der Waals surface area contributed by atoms with Crippen LogP contribution in [0.5, 0.6) is 0 Å². The van der Waals surface area contributed by atoms with Gasteiger partial charge < -0.3 is 0 Å². The fraction of sp³-hybridized carbons (Fsp3) is 0.103. The minimum Gasteiger partial charge on any atom is -0.192 e. The maximum Gasteiger partial charge on any atom is 0.100 e. The van der Waals surface area contributed by atoms with Gasteiger partial charge in [0.1, 0.15) is 6.07 Å². The molecule has 35 heavy (non-hydrogen) atoms. The molecule has 0 aliphatic heterocycles. The van der Waals surface area contributed by atoms with Crippen molar-refractivity contribution < 1.29 is 0 Å². The molecule has 6 heteroatoms. The zero-order valence-electron chi connectivity index (χ0n) is 18.9. The predicted octanol–water partition coefficient (Wildman–Crippen LogP) is 9.39. The molecule has 0 heterocycles. The van der Waals surface area contributed by atoms with Gasteiger partial charge in [-0.05, 0) is 179 Å². The fourth-order valence-corrected chi connectivity index (χ4v) is 7.18. The van der Waals surface area contributed by atoms with Crippen molar-refractivity contribution in [3.8, 4) is 34.4 Å². The van der Waals surface area contributed by atoms with Crippen LogP contribution in [0, 0.1) is 50.8 Å². The third-order valence-electron chi connectivity index (χ3n) is 6.17. The van der Waals surface area contributed by atoms with E-state index < -0.39 is 0 Å². The van der Waals surface area contributed by atoms with Crippen LogP contribution in [-0.4, -0.2) is 0 Å². The lowest BCUT2D eigenvalue weighted by molar-refractivity contribution is 1.18. The lowest BCUT2D eigenvalue weighted by Gasteiger charge is -2.14. The molecule has 0 atom stereocenters. The number of nitriles is 2. The van der Waals surface area contributed by atoms with Crippen LogP contribution in [0.4, 0.5) is 0 Å². The number of rotatable bonds is 4. The van der Waals surface area contributed by atoms with Gasteiger partial charge in [0.2, 0.25) is 0 Å². The number of hydrogen-bond acceptors (Lipinski definition) is 2. The second-order valence-electron chi connectivity index (χ2n) is 8.23. The van der Waals surface area contributed by atoms with E-state index in [4.69, 9.17) is 0 Å². The molecule has 4 aromatic rings. The van der Waals surface area contributed by atoms with Gasteiger partial charge in [0, 0.05) is 14.3 Å². The Morgan fingerprint density at radius 1 is 0.571 bits per heavy atom. The van der Waals surface area contributed by atoms with Crippen molar-refractivity contribution in [3.05, 3.63) is 108 Å². The van der Waals surface area contributed by atoms with E-state index in [0.717, 1.165) is 41.4 Å². The zero-order chi connectivity index (χ0) is 25.3. The van der Waals surface area contributed by atoms with Gasteiger partial charge >= 0.3 is 0 Å². The average molecular weight is 902 g/mol. The largest absolute Gasteiger partial charge is 0.192 e. The Bertz CT molecular complexity index is 1440. The summed E-state index contributed by atoms with van der Waals surface area (Å²) in [4.78, 5) is 0. The summed E-state index contributed by atoms with van der Waals surface area (Å²) in [5.41, 5.74) is 10.9. The summed E-state index contributed by atoms with van der Waals surface area (Å²) in [5.74, 6) is 0. The lowest BCUT2D eigenvalue weighted by atomic mass is 9.93. The Hall–Kier alpha value is -1.22. The third kappa shape index (κ3) is 5.55. The van der Waals surface area contributed by atoms with Gasteiger partial charge in [-0.15, -0.1) is 0 Å². The molecule has 0 aliphatic rings. The highest BCUT2D eigenvalue weighted by molar-refractivity contribution is 14.1. The maximum atomic E-state index is 9.32. The van der Waals surface area contributed by atoms with Crippen LogP contribution in [0.3, 0.4) is 0 Å². The highest BCUT2D eigenvalue weighted by Gasteiger charge is 2.14. The molecule has 0 unspecified atom stereocenters. The normalized spacial score (nSPS) is 10.6. The third-order valence-corrected chi connectivity index (χ3v) is 11.2. The molecular formula is C29H18I4N2. The first-order chi connectivity index (χ1) is 16.7. The number of hydrogen-bond donors (Lipinski definition) is 0. The van der Waals surface area contributed by atoms with Crippen molar-refractivity contribution in [1.29, 1.82) is 10.5 Å². The van der Waals surface area contributed by atoms with Crippen molar-refractivity contribution in [2.45, 2.75) is 20.3 Å². The van der Waals surface area contributed by atoms with Crippen molar-refractivity contribution in [2.24, 2.45) is 0 Å². The molecule has 0 aromatic heterocycles. The topological polar surface area (TPSA) is 47.6 Å².